The molecule has 0 aromatic carbocycles. The van der Waals surface area contributed by atoms with Crippen molar-refractivity contribution in [1.82, 2.24) is 0 Å². The molecule has 2 amide bonds. The number of anilines is 1. The number of hydrogen-bond acceptors (Lipinski definition) is 4. The zero-order valence-electron chi connectivity index (χ0n) is 18.4. The quantitative estimate of drug-likeness (QED) is 0.613. The maximum atomic E-state index is 13.1. The molecule has 0 unspecified atom stereocenters. The van der Waals surface area contributed by atoms with Gasteiger partial charge in [0.25, 0.3) is 5.91 Å². The molecule has 0 spiro atoms. The molecule has 0 fully saturated rings. The van der Waals surface area contributed by atoms with Gasteiger partial charge < -0.3 is 16.2 Å². The number of fused-ring (bicyclic) bond motifs is 1. The number of thiophene rings is 1. The van der Waals surface area contributed by atoms with Gasteiger partial charge in [-0.15, -0.1) is 11.3 Å². The second kappa shape index (κ2) is 8.17. The lowest BCUT2D eigenvalue weighted by atomic mass is 9.72. The van der Waals surface area contributed by atoms with Crippen LogP contribution >= 0.6 is 11.3 Å². The van der Waals surface area contributed by atoms with E-state index in [-0.39, 0.29) is 11.3 Å². The first-order chi connectivity index (χ1) is 13.9. The number of carbonyl (C=O) groups excluding carboxylic acids is 2. The zero-order chi connectivity index (χ0) is 22.4. The van der Waals surface area contributed by atoms with E-state index in [1.807, 2.05) is 13.8 Å². The minimum absolute atomic E-state index is 0.163. The van der Waals surface area contributed by atoms with Crippen LogP contribution in [0.1, 0.15) is 74.7 Å². The smallest absolute Gasteiger partial charge is 0.307 e. The highest BCUT2D eigenvalue weighted by atomic mass is 32.1. The van der Waals surface area contributed by atoms with Crippen LogP contribution < -0.4 is 11.1 Å². The van der Waals surface area contributed by atoms with Gasteiger partial charge in [-0.25, -0.2) is 0 Å². The monoisotopic (exact) mass is 432 g/mol. The standard InChI is InChI=1S/C23H32N2O4S/c1-11-8-15(16(22(28)29)9-12(11)2)20(27)25-21-18(19(24)26)14-7-6-13(23(3,4)5)10-17(14)30-21/h13,15-16H,6-10H2,1-5H3,(H2,24,26)(H,25,27)(H,28,29)/t13-,15-,16-/m0/s1. The molecule has 0 saturated carbocycles. The van der Waals surface area contributed by atoms with E-state index in [1.165, 1.54) is 11.3 Å². The minimum Gasteiger partial charge on any atom is -0.481 e. The molecule has 0 bridgehead atoms. The normalized spacial score (nSPS) is 24.4. The van der Waals surface area contributed by atoms with Gasteiger partial charge in [0.05, 0.1) is 17.4 Å². The molecule has 6 nitrogen and oxygen atoms in total. The fraction of sp³-hybridized carbons (Fsp3) is 0.609. The molecule has 30 heavy (non-hydrogen) atoms. The average molecular weight is 433 g/mol. The molecule has 1 aromatic rings. The van der Waals surface area contributed by atoms with Crippen LogP contribution in [0.5, 0.6) is 0 Å². The van der Waals surface area contributed by atoms with Crippen molar-refractivity contribution in [3.8, 4) is 0 Å². The van der Waals surface area contributed by atoms with Gasteiger partial charge in [-0.2, -0.15) is 0 Å². The summed E-state index contributed by atoms with van der Waals surface area (Å²) in [5.41, 5.74) is 9.30. The number of allylic oxidation sites excluding steroid dienone is 2. The van der Waals surface area contributed by atoms with Crippen molar-refractivity contribution < 1.29 is 19.5 Å². The van der Waals surface area contributed by atoms with Crippen molar-refractivity contribution >= 4 is 34.1 Å². The van der Waals surface area contributed by atoms with Crippen LogP contribution in [0.3, 0.4) is 0 Å². The molecule has 0 aliphatic heterocycles. The topological polar surface area (TPSA) is 109 Å². The number of carbonyl (C=O) groups is 3. The Labute approximate surface area is 181 Å². The third-order valence-electron chi connectivity index (χ3n) is 6.89. The summed E-state index contributed by atoms with van der Waals surface area (Å²) < 4.78 is 0. The molecule has 3 rings (SSSR count). The number of carboxylic acids is 1. The maximum Gasteiger partial charge on any atom is 0.307 e. The van der Waals surface area contributed by atoms with Crippen LogP contribution in [0.25, 0.3) is 0 Å². The maximum absolute atomic E-state index is 13.1. The van der Waals surface area contributed by atoms with E-state index in [2.05, 4.69) is 26.1 Å². The zero-order valence-corrected chi connectivity index (χ0v) is 19.2. The van der Waals surface area contributed by atoms with Gasteiger partial charge in [0.2, 0.25) is 5.91 Å². The number of rotatable bonds is 4. The SMILES string of the molecule is CC1=C(C)C[C@H](C(=O)Nc2sc3c(c2C(N)=O)CC[C@H](C(C)(C)C)C3)[C@@H](C(=O)O)C1. The summed E-state index contributed by atoms with van der Waals surface area (Å²) in [5, 5.41) is 13.0. The molecular formula is C23H32N2O4S. The van der Waals surface area contributed by atoms with Gasteiger partial charge in [-0.3, -0.25) is 14.4 Å². The molecule has 4 N–H and O–H groups in total. The van der Waals surface area contributed by atoms with E-state index in [0.717, 1.165) is 40.8 Å². The van der Waals surface area contributed by atoms with Gasteiger partial charge in [0.1, 0.15) is 5.00 Å². The fourth-order valence-corrected chi connectivity index (χ4v) is 6.04. The number of nitrogens with two attached hydrogens (primary N) is 1. The summed E-state index contributed by atoms with van der Waals surface area (Å²) in [7, 11) is 0. The first kappa shape index (κ1) is 22.5. The lowest BCUT2D eigenvalue weighted by molar-refractivity contribution is -0.146. The summed E-state index contributed by atoms with van der Waals surface area (Å²) in [6.07, 6.45) is 3.40. The lowest BCUT2D eigenvalue weighted by Gasteiger charge is -2.33. The average Bonchev–Trinajstić information content (AvgIpc) is 2.99. The van der Waals surface area contributed by atoms with Gasteiger partial charge in [-0.1, -0.05) is 31.9 Å². The fourth-order valence-electron chi connectivity index (χ4n) is 4.71. The van der Waals surface area contributed by atoms with E-state index >= 15 is 0 Å². The largest absolute Gasteiger partial charge is 0.481 e. The first-order valence-corrected chi connectivity index (χ1v) is 11.3. The molecule has 1 heterocycles. The number of aliphatic carboxylic acids is 1. The second-order valence-electron chi connectivity index (χ2n) is 9.89. The number of primary amides is 1. The molecule has 0 saturated heterocycles. The Hall–Kier alpha value is -2.15. The number of hydrogen-bond donors (Lipinski definition) is 3. The van der Waals surface area contributed by atoms with E-state index in [1.54, 1.807) is 0 Å². The van der Waals surface area contributed by atoms with Gasteiger partial charge in [0.15, 0.2) is 0 Å². The molecule has 2 aliphatic rings. The van der Waals surface area contributed by atoms with Crippen LogP contribution in [0.15, 0.2) is 11.1 Å². The minimum atomic E-state index is -0.962. The van der Waals surface area contributed by atoms with Crippen molar-refractivity contribution in [3.63, 3.8) is 0 Å². The number of nitrogens with one attached hydrogen (secondary N) is 1. The van der Waals surface area contributed by atoms with E-state index in [0.29, 0.717) is 29.3 Å². The molecule has 1 aromatic heterocycles. The molecule has 2 aliphatic carbocycles. The van der Waals surface area contributed by atoms with E-state index in [9.17, 15) is 19.5 Å². The highest BCUT2D eigenvalue weighted by Gasteiger charge is 2.39. The van der Waals surface area contributed by atoms with Crippen molar-refractivity contribution in [3.05, 3.63) is 27.2 Å². The Morgan fingerprint density at radius 2 is 1.67 bits per heavy atom. The third kappa shape index (κ3) is 4.31. The van der Waals surface area contributed by atoms with Crippen LogP contribution in [0.2, 0.25) is 0 Å². The second-order valence-corrected chi connectivity index (χ2v) is 11.0. The van der Waals surface area contributed by atoms with Crippen LogP contribution in [-0.2, 0) is 22.4 Å². The van der Waals surface area contributed by atoms with Crippen LogP contribution in [0.4, 0.5) is 5.00 Å². The lowest BCUT2D eigenvalue weighted by Crippen LogP contribution is -2.36. The third-order valence-corrected chi connectivity index (χ3v) is 8.06. The number of amides is 2. The van der Waals surface area contributed by atoms with Crippen molar-refractivity contribution in [2.24, 2.45) is 28.9 Å². The Balaban J connectivity index is 1.90. The summed E-state index contributed by atoms with van der Waals surface area (Å²) in [5.74, 6) is -2.77. The van der Waals surface area contributed by atoms with Crippen molar-refractivity contribution in [2.45, 2.75) is 66.7 Å². The predicted octanol–water partition coefficient (Wildman–Crippen LogP) is 4.38. The molecule has 0 radical (unpaired) electrons. The van der Waals surface area contributed by atoms with Gasteiger partial charge in [-0.05, 0) is 62.8 Å². The van der Waals surface area contributed by atoms with E-state index in [4.69, 9.17) is 5.73 Å². The van der Waals surface area contributed by atoms with Crippen molar-refractivity contribution in [1.29, 1.82) is 0 Å². The predicted molar refractivity (Wildman–Crippen MR) is 119 cm³/mol. The summed E-state index contributed by atoms with van der Waals surface area (Å²) in [6, 6.07) is 0. The Bertz CT molecular complexity index is 922. The molecule has 3 atom stereocenters. The Morgan fingerprint density at radius 1 is 1.07 bits per heavy atom. The van der Waals surface area contributed by atoms with E-state index < -0.39 is 23.7 Å². The van der Waals surface area contributed by atoms with Crippen LogP contribution in [-0.4, -0.2) is 22.9 Å². The van der Waals surface area contributed by atoms with Crippen molar-refractivity contribution in [2.75, 3.05) is 5.32 Å². The Kier molecular flexibility index (Phi) is 6.14. The highest BCUT2D eigenvalue weighted by Crippen LogP contribution is 2.44. The highest BCUT2D eigenvalue weighted by molar-refractivity contribution is 7.17. The summed E-state index contributed by atoms with van der Waals surface area (Å²) in [4.78, 5) is 38.2. The number of carboxylic acid groups (broad SMARTS) is 1. The Morgan fingerprint density at radius 3 is 2.20 bits per heavy atom. The van der Waals surface area contributed by atoms with Gasteiger partial charge in [0, 0.05) is 4.88 Å². The van der Waals surface area contributed by atoms with Crippen LogP contribution in [0, 0.1) is 23.2 Å². The molecule has 7 heteroatoms. The summed E-state index contributed by atoms with van der Waals surface area (Å²) >= 11 is 1.42. The van der Waals surface area contributed by atoms with Gasteiger partial charge >= 0.3 is 5.97 Å². The molecular weight excluding hydrogens is 400 g/mol. The summed E-state index contributed by atoms with van der Waals surface area (Å²) in [6.45, 7) is 10.5. The molecule has 164 valence electrons. The first-order valence-electron chi connectivity index (χ1n) is 10.5.